The van der Waals surface area contributed by atoms with Crippen molar-refractivity contribution in [3.05, 3.63) is 0 Å². The number of nitrogens with zero attached hydrogens (tertiary/aromatic N) is 2. The summed E-state index contributed by atoms with van der Waals surface area (Å²) in [6.07, 6.45) is 5.76. The van der Waals surface area contributed by atoms with E-state index in [0.29, 0.717) is 18.9 Å². The highest BCUT2D eigenvalue weighted by molar-refractivity contribution is 5.86. The first-order chi connectivity index (χ1) is 9.36. The Bertz CT molecular complexity index is 399. The van der Waals surface area contributed by atoms with E-state index in [-0.39, 0.29) is 12.1 Å². The van der Waals surface area contributed by atoms with Crippen molar-refractivity contribution in [2.75, 3.05) is 13.6 Å². The molecule has 1 heterocycles. The lowest BCUT2D eigenvalue weighted by Crippen LogP contribution is -2.56. The Kier molecular flexibility index (Phi) is 4.25. The van der Waals surface area contributed by atoms with E-state index >= 15 is 0 Å². The first-order valence-corrected chi connectivity index (χ1v) is 7.64. The number of hydrogen-bond acceptors (Lipinski definition) is 2. The van der Waals surface area contributed by atoms with Crippen LogP contribution in [0.2, 0.25) is 0 Å². The lowest BCUT2D eigenvalue weighted by Gasteiger charge is -2.39. The summed E-state index contributed by atoms with van der Waals surface area (Å²) in [5.41, 5.74) is -1.04. The molecule has 0 spiro atoms. The van der Waals surface area contributed by atoms with Crippen molar-refractivity contribution in [3.8, 4) is 0 Å². The SMILES string of the molecule is CC1CCCC(N(C)C(=O)N2CCCC2(C)C(=O)O)C1. The number of carbonyl (C=O) groups excluding carboxylic acids is 1. The standard InChI is InChI=1S/C15H26N2O3/c1-11-6-4-7-12(10-11)16(3)14(20)17-9-5-8-15(17,2)13(18)19/h11-12H,4-10H2,1-3H3,(H,18,19). The second kappa shape index (κ2) is 5.62. The van der Waals surface area contributed by atoms with Crippen molar-refractivity contribution in [2.45, 2.75) is 64.0 Å². The largest absolute Gasteiger partial charge is 0.480 e. The van der Waals surface area contributed by atoms with Crippen LogP contribution in [0.15, 0.2) is 0 Å². The number of urea groups is 1. The summed E-state index contributed by atoms with van der Waals surface area (Å²) < 4.78 is 0. The van der Waals surface area contributed by atoms with Gasteiger partial charge < -0.3 is 14.9 Å². The molecule has 2 aliphatic rings. The molecule has 2 fully saturated rings. The third-order valence-electron chi connectivity index (χ3n) is 5.09. The van der Waals surface area contributed by atoms with Crippen LogP contribution in [0.1, 0.15) is 52.4 Å². The molecule has 1 aliphatic carbocycles. The lowest BCUT2D eigenvalue weighted by molar-refractivity contribution is -0.147. The molecule has 0 aromatic rings. The van der Waals surface area contributed by atoms with Crippen LogP contribution < -0.4 is 0 Å². The van der Waals surface area contributed by atoms with Crippen molar-refractivity contribution in [1.29, 1.82) is 0 Å². The van der Waals surface area contributed by atoms with Crippen LogP contribution in [0.25, 0.3) is 0 Å². The number of rotatable bonds is 2. The van der Waals surface area contributed by atoms with Gasteiger partial charge in [-0.2, -0.15) is 0 Å². The zero-order chi connectivity index (χ0) is 14.9. The highest BCUT2D eigenvalue weighted by Gasteiger charge is 2.47. The number of carboxylic acids is 1. The van der Waals surface area contributed by atoms with Crippen molar-refractivity contribution in [3.63, 3.8) is 0 Å². The van der Waals surface area contributed by atoms with Crippen molar-refractivity contribution in [2.24, 2.45) is 5.92 Å². The minimum Gasteiger partial charge on any atom is -0.480 e. The van der Waals surface area contributed by atoms with E-state index in [1.807, 2.05) is 7.05 Å². The third kappa shape index (κ3) is 2.63. The first kappa shape index (κ1) is 15.1. The molecule has 2 rings (SSSR count). The van der Waals surface area contributed by atoms with Gasteiger partial charge in [-0.15, -0.1) is 0 Å². The Balaban J connectivity index is 2.08. The molecule has 5 nitrogen and oxygen atoms in total. The molecule has 0 radical (unpaired) electrons. The number of likely N-dealkylation sites (tertiary alicyclic amines) is 1. The molecule has 5 heteroatoms. The monoisotopic (exact) mass is 282 g/mol. The molecule has 3 atom stereocenters. The summed E-state index contributed by atoms with van der Waals surface area (Å²) in [4.78, 5) is 27.5. The molecule has 0 aromatic carbocycles. The van der Waals surface area contributed by atoms with Crippen LogP contribution in [0.5, 0.6) is 0 Å². The van der Waals surface area contributed by atoms with Gasteiger partial charge in [0.25, 0.3) is 0 Å². The van der Waals surface area contributed by atoms with Gasteiger partial charge in [-0.05, 0) is 38.5 Å². The van der Waals surface area contributed by atoms with Crippen molar-refractivity contribution in [1.82, 2.24) is 9.80 Å². The second-order valence-corrected chi connectivity index (χ2v) is 6.65. The number of hydrogen-bond donors (Lipinski definition) is 1. The second-order valence-electron chi connectivity index (χ2n) is 6.65. The van der Waals surface area contributed by atoms with Gasteiger partial charge in [0.15, 0.2) is 0 Å². The topological polar surface area (TPSA) is 60.9 Å². The van der Waals surface area contributed by atoms with E-state index in [1.165, 1.54) is 6.42 Å². The summed E-state index contributed by atoms with van der Waals surface area (Å²) in [5.74, 6) is -0.248. The molecule has 20 heavy (non-hydrogen) atoms. The van der Waals surface area contributed by atoms with E-state index in [9.17, 15) is 14.7 Å². The van der Waals surface area contributed by atoms with Crippen LogP contribution >= 0.6 is 0 Å². The summed E-state index contributed by atoms with van der Waals surface area (Å²) >= 11 is 0. The smallest absolute Gasteiger partial charge is 0.329 e. The van der Waals surface area contributed by atoms with Gasteiger partial charge in [0, 0.05) is 19.6 Å². The van der Waals surface area contributed by atoms with Gasteiger partial charge in [-0.25, -0.2) is 9.59 Å². The fraction of sp³-hybridized carbons (Fsp3) is 0.867. The van der Waals surface area contributed by atoms with Gasteiger partial charge in [-0.3, -0.25) is 0 Å². The summed E-state index contributed by atoms with van der Waals surface area (Å²) in [6, 6.07) is 0.136. The Hall–Kier alpha value is -1.26. The predicted octanol–water partition coefficient (Wildman–Crippen LogP) is 2.56. The van der Waals surface area contributed by atoms with E-state index in [2.05, 4.69) is 6.92 Å². The van der Waals surface area contributed by atoms with Crippen LogP contribution in [0, 0.1) is 5.92 Å². The fourth-order valence-electron chi connectivity index (χ4n) is 3.59. The van der Waals surface area contributed by atoms with Crippen LogP contribution in [-0.2, 0) is 4.79 Å². The van der Waals surface area contributed by atoms with Crippen LogP contribution in [-0.4, -0.2) is 52.1 Å². The average Bonchev–Trinajstić information content (AvgIpc) is 2.80. The fourth-order valence-corrected chi connectivity index (χ4v) is 3.59. The molecule has 1 saturated carbocycles. The van der Waals surface area contributed by atoms with Gasteiger partial charge in [0.2, 0.25) is 0 Å². The minimum absolute atomic E-state index is 0.119. The maximum absolute atomic E-state index is 12.7. The molecule has 0 bridgehead atoms. The van der Waals surface area contributed by atoms with E-state index in [1.54, 1.807) is 16.7 Å². The summed E-state index contributed by atoms with van der Waals surface area (Å²) in [6.45, 7) is 4.44. The average molecular weight is 282 g/mol. The maximum atomic E-state index is 12.7. The lowest BCUT2D eigenvalue weighted by atomic mass is 9.86. The predicted molar refractivity (Wildman–Crippen MR) is 76.6 cm³/mol. The van der Waals surface area contributed by atoms with Crippen LogP contribution in [0.4, 0.5) is 4.79 Å². The normalized spacial score (nSPS) is 34.0. The highest BCUT2D eigenvalue weighted by atomic mass is 16.4. The number of carbonyl (C=O) groups is 2. The summed E-state index contributed by atoms with van der Waals surface area (Å²) in [5, 5.41) is 9.41. The zero-order valence-electron chi connectivity index (χ0n) is 12.8. The number of aliphatic carboxylic acids is 1. The molecule has 1 N–H and O–H groups in total. The molecule has 0 aromatic heterocycles. The maximum Gasteiger partial charge on any atom is 0.329 e. The minimum atomic E-state index is -1.04. The number of amides is 2. The Morgan fingerprint density at radius 2 is 2.00 bits per heavy atom. The van der Waals surface area contributed by atoms with Crippen molar-refractivity contribution >= 4 is 12.0 Å². The van der Waals surface area contributed by atoms with E-state index in [0.717, 1.165) is 25.7 Å². The van der Waals surface area contributed by atoms with Gasteiger partial charge in [-0.1, -0.05) is 19.8 Å². The van der Waals surface area contributed by atoms with Crippen molar-refractivity contribution < 1.29 is 14.7 Å². The Morgan fingerprint density at radius 3 is 2.60 bits per heavy atom. The molecule has 1 aliphatic heterocycles. The molecule has 1 saturated heterocycles. The number of carboxylic acid groups (broad SMARTS) is 1. The van der Waals surface area contributed by atoms with E-state index in [4.69, 9.17) is 0 Å². The molecular weight excluding hydrogens is 256 g/mol. The Labute approximate surface area is 120 Å². The quantitative estimate of drug-likeness (QED) is 0.846. The molecular formula is C15H26N2O3. The first-order valence-electron chi connectivity index (χ1n) is 7.64. The highest BCUT2D eigenvalue weighted by Crippen LogP contribution is 2.32. The Morgan fingerprint density at radius 1 is 1.30 bits per heavy atom. The van der Waals surface area contributed by atoms with Gasteiger partial charge in [0.1, 0.15) is 5.54 Å². The van der Waals surface area contributed by atoms with Gasteiger partial charge in [0.05, 0.1) is 0 Å². The third-order valence-corrected chi connectivity index (χ3v) is 5.09. The molecule has 3 unspecified atom stereocenters. The molecule has 114 valence electrons. The summed E-state index contributed by atoms with van der Waals surface area (Å²) in [7, 11) is 1.83. The van der Waals surface area contributed by atoms with Crippen LogP contribution in [0.3, 0.4) is 0 Å². The van der Waals surface area contributed by atoms with E-state index < -0.39 is 11.5 Å². The molecule has 2 amide bonds. The van der Waals surface area contributed by atoms with Gasteiger partial charge >= 0.3 is 12.0 Å². The zero-order valence-corrected chi connectivity index (χ0v) is 12.8.